The van der Waals surface area contributed by atoms with Crippen LogP contribution < -0.4 is 5.32 Å². The molecule has 2 aromatic rings. The van der Waals surface area contributed by atoms with Gasteiger partial charge >= 0.3 is 0 Å². The smallest absolute Gasteiger partial charge is 0.181 e. The second-order valence-electron chi connectivity index (χ2n) is 4.18. The second kappa shape index (κ2) is 6.39. The average molecular weight is 301 g/mol. The van der Waals surface area contributed by atoms with Crippen LogP contribution in [0.1, 0.15) is 23.1 Å². The van der Waals surface area contributed by atoms with Crippen LogP contribution in [0.5, 0.6) is 0 Å². The van der Waals surface area contributed by atoms with Crippen molar-refractivity contribution >= 4 is 23.2 Å². The number of hydrogen-bond donors (Lipinski definition) is 2. The van der Waals surface area contributed by atoms with Crippen LogP contribution in [0.15, 0.2) is 29.0 Å². The SMILES string of the molecule is Cc1ocnc1CNC[C@H](O)c1ccc(Cl)c(Cl)c1. The molecule has 102 valence electrons. The van der Waals surface area contributed by atoms with E-state index >= 15 is 0 Å². The van der Waals surface area contributed by atoms with Crippen LogP contribution in [0, 0.1) is 6.92 Å². The van der Waals surface area contributed by atoms with Crippen molar-refractivity contribution in [1.82, 2.24) is 10.3 Å². The molecule has 4 nitrogen and oxygen atoms in total. The number of aryl methyl sites for hydroxylation is 1. The number of aromatic nitrogens is 1. The number of aliphatic hydroxyl groups is 1. The lowest BCUT2D eigenvalue weighted by atomic mass is 10.1. The molecule has 0 aliphatic heterocycles. The van der Waals surface area contributed by atoms with E-state index in [1.165, 1.54) is 6.39 Å². The van der Waals surface area contributed by atoms with Crippen LogP contribution in [0.2, 0.25) is 10.0 Å². The van der Waals surface area contributed by atoms with Gasteiger partial charge in [0.1, 0.15) is 5.76 Å². The minimum atomic E-state index is -0.651. The van der Waals surface area contributed by atoms with Crippen molar-refractivity contribution in [2.45, 2.75) is 19.6 Å². The Labute approximate surface area is 121 Å². The van der Waals surface area contributed by atoms with Gasteiger partial charge in [-0.15, -0.1) is 0 Å². The highest BCUT2D eigenvalue weighted by atomic mass is 35.5. The summed E-state index contributed by atoms with van der Waals surface area (Å²) >= 11 is 11.7. The molecule has 0 unspecified atom stereocenters. The summed E-state index contributed by atoms with van der Waals surface area (Å²) in [7, 11) is 0. The van der Waals surface area contributed by atoms with Crippen molar-refractivity contribution in [2.24, 2.45) is 0 Å². The highest BCUT2D eigenvalue weighted by Crippen LogP contribution is 2.25. The van der Waals surface area contributed by atoms with Crippen LogP contribution in [-0.4, -0.2) is 16.6 Å². The molecule has 1 atom stereocenters. The third kappa shape index (κ3) is 3.70. The van der Waals surface area contributed by atoms with E-state index in [-0.39, 0.29) is 0 Å². The fourth-order valence-corrected chi connectivity index (χ4v) is 1.97. The minimum Gasteiger partial charge on any atom is -0.448 e. The number of nitrogens with one attached hydrogen (secondary N) is 1. The van der Waals surface area contributed by atoms with Crippen molar-refractivity contribution in [3.8, 4) is 0 Å². The Morgan fingerprint density at radius 2 is 2.16 bits per heavy atom. The van der Waals surface area contributed by atoms with Crippen molar-refractivity contribution < 1.29 is 9.52 Å². The Morgan fingerprint density at radius 3 is 2.79 bits per heavy atom. The normalized spacial score (nSPS) is 12.6. The molecule has 0 saturated heterocycles. The summed E-state index contributed by atoms with van der Waals surface area (Å²) < 4.78 is 5.09. The first-order chi connectivity index (χ1) is 9.08. The van der Waals surface area contributed by atoms with Gasteiger partial charge in [-0.25, -0.2) is 4.98 Å². The number of oxazole rings is 1. The van der Waals surface area contributed by atoms with Gasteiger partial charge in [-0.3, -0.25) is 0 Å². The second-order valence-corrected chi connectivity index (χ2v) is 4.99. The summed E-state index contributed by atoms with van der Waals surface area (Å²) in [6.07, 6.45) is 0.754. The number of nitrogens with zero attached hydrogens (tertiary/aromatic N) is 1. The summed E-state index contributed by atoms with van der Waals surface area (Å²) in [6.45, 7) is 2.78. The van der Waals surface area contributed by atoms with Crippen LogP contribution in [-0.2, 0) is 6.54 Å². The molecule has 6 heteroatoms. The number of rotatable bonds is 5. The highest BCUT2D eigenvalue weighted by molar-refractivity contribution is 6.42. The summed E-state index contributed by atoms with van der Waals surface area (Å²) in [5, 5.41) is 14.0. The Kier molecular flexibility index (Phi) is 4.82. The van der Waals surface area contributed by atoms with E-state index in [4.69, 9.17) is 27.6 Å². The first kappa shape index (κ1) is 14.3. The van der Waals surface area contributed by atoms with Crippen LogP contribution in [0.25, 0.3) is 0 Å². The van der Waals surface area contributed by atoms with Crippen LogP contribution >= 0.6 is 23.2 Å². The highest BCUT2D eigenvalue weighted by Gasteiger charge is 2.10. The molecular weight excluding hydrogens is 287 g/mol. The Bertz CT molecular complexity index is 557. The lowest BCUT2D eigenvalue weighted by Gasteiger charge is -2.12. The fourth-order valence-electron chi connectivity index (χ4n) is 1.66. The summed E-state index contributed by atoms with van der Waals surface area (Å²) in [4.78, 5) is 4.06. The molecule has 0 saturated carbocycles. The number of aliphatic hydroxyl groups excluding tert-OH is 1. The topological polar surface area (TPSA) is 58.3 Å². The zero-order chi connectivity index (χ0) is 13.8. The fraction of sp³-hybridized carbons (Fsp3) is 0.308. The van der Waals surface area contributed by atoms with Gasteiger partial charge in [0.15, 0.2) is 6.39 Å². The van der Waals surface area contributed by atoms with Crippen LogP contribution in [0.4, 0.5) is 0 Å². The van der Waals surface area contributed by atoms with Crippen molar-refractivity contribution in [3.05, 3.63) is 51.7 Å². The first-order valence-corrected chi connectivity index (χ1v) is 6.56. The monoisotopic (exact) mass is 300 g/mol. The molecule has 19 heavy (non-hydrogen) atoms. The maximum Gasteiger partial charge on any atom is 0.181 e. The van der Waals surface area contributed by atoms with E-state index < -0.39 is 6.10 Å². The number of halogens is 2. The Hall–Kier alpha value is -1.07. The van der Waals surface area contributed by atoms with Gasteiger partial charge in [-0.1, -0.05) is 29.3 Å². The van der Waals surface area contributed by atoms with Gasteiger partial charge in [0.2, 0.25) is 0 Å². The molecule has 0 aliphatic rings. The van der Waals surface area contributed by atoms with Crippen LogP contribution in [0.3, 0.4) is 0 Å². The van der Waals surface area contributed by atoms with Crippen molar-refractivity contribution in [2.75, 3.05) is 6.54 Å². The average Bonchev–Trinajstić information content (AvgIpc) is 2.78. The zero-order valence-corrected chi connectivity index (χ0v) is 11.9. The zero-order valence-electron chi connectivity index (χ0n) is 10.4. The molecule has 0 bridgehead atoms. The lowest BCUT2D eigenvalue weighted by Crippen LogP contribution is -2.21. The van der Waals surface area contributed by atoms with E-state index in [2.05, 4.69) is 10.3 Å². The maximum absolute atomic E-state index is 10.0. The van der Waals surface area contributed by atoms with Gasteiger partial charge in [-0.05, 0) is 24.6 Å². The molecule has 0 spiro atoms. The quantitative estimate of drug-likeness (QED) is 0.891. The minimum absolute atomic E-state index is 0.393. The number of hydrogen-bond acceptors (Lipinski definition) is 4. The van der Waals surface area contributed by atoms with Gasteiger partial charge in [0.05, 0.1) is 21.8 Å². The van der Waals surface area contributed by atoms with E-state index in [1.54, 1.807) is 18.2 Å². The maximum atomic E-state index is 10.0. The summed E-state index contributed by atoms with van der Waals surface area (Å²) in [6, 6.07) is 5.09. The van der Waals surface area contributed by atoms with Crippen molar-refractivity contribution in [1.29, 1.82) is 0 Å². The van der Waals surface area contributed by atoms with Gasteiger partial charge in [0, 0.05) is 13.1 Å². The Morgan fingerprint density at radius 1 is 1.37 bits per heavy atom. The molecule has 2 rings (SSSR count). The van der Waals surface area contributed by atoms with E-state index in [1.807, 2.05) is 6.92 Å². The van der Waals surface area contributed by atoms with E-state index in [9.17, 15) is 5.11 Å². The largest absolute Gasteiger partial charge is 0.448 e. The third-order valence-corrected chi connectivity index (χ3v) is 3.54. The molecule has 0 radical (unpaired) electrons. The number of benzene rings is 1. The predicted molar refractivity (Wildman–Crippen MR) is 74.4 cm³/mol. The molecule has 2 N–H and O–H groups in total. The Balaban J connectivity index is 1.89. The first-order valence-electron chi connectivity index (χ1n) is 5.80. The molecule has 1 heterocycles. The van der Waals surface area contributed by atoms with E-state index in [0.717, 1.165) is 17.0 Å². The predicted octanol–water partition coefficient (Wildman–Crippen LogP) is 3.11. The lowest BCUT2D eigenvalue weighted by molar-refractivity contribution is 0.174. The summed E-state index contributed by atoms with van der Waals surface area (Å²) in [5.41, 5.74) is 1.56. The molecule has 1 aromatic heterocycles. The van der Waals surface area contributed by atoms with E-state index in [0.29, 0.717) is 23.1 Å². The van der Waals surface area contributed by atoms with Gasteiger partial charge in [0.25, 0.3) is 0 Å². The standard InChI is InChI=1S/C13H14Cl2N2O2/c1-8-12(17-7-19-8)5-16-6-13(18)9-2-3-10(14)11(15)4-9/h2-4,7,13,16,18H,5-6H2,1H3/t13-/m0/s1. The van der Waals surface area contributed by atoms with Gasteiger partial charge < -0.3 is 14.8 Å². The molecule has 0 amide bonds. The molecule has 0 aliphatic carbocycles. The third-order valence-electron chi connectivity index (χ3n) is 2.80. The summed E-state index contributed by atoms with van der Waals surface area (Å²) in [5.74, 6) is 0.775. The molecule has 0 fully saturated rings. The molecule has 1 aromatic carbocycles. The van der Waals surface area contributed by atoms with Gasteiger partial charge in [-0.2, -0.15) is 0 Å². The molecular formula is C13H14Cl2N2O2. The van der Waals surface area contributed by atoms with Crippen molar-refractivity contribution in [3.63, 3.8) is 0 Å².